The quantitative estimate of drug-likeness (QED) is 0.457. The molecule has 3 heterocycles. The number of aryl methyl sites for hydroxylation is 4. The molecule has 2 aromatic carbocycles. The first-order valence-electron chi connectivity index (χ1n) is 11.7. The average Bonchev–Trinajstić information content (AvgIpc) is 3.37. The molecule has 2 aliphatic rings. The largest absolute Gasteiger partial charge is 0.487 e. The van der Waals surface area contributed by atoms with E-state index < -0.39 is 5.91 Å². The minimum absolute atomic E-state index is 0.0135. The molecule has 1 amide bonds. The third kappa shape index (κ3) is 4.40. The predicted molar refractivity (Wildman–Crippen MR) is 146 cm³/mol. The summed E-state index contributed by atoms with van der Waals surface area (Å²) < 4.78 is 8.03. The van der Waals surface area contributed by atoms with Gasteiger partial charge in [-0.3, -0.25) is 10.2 Å². The second-order valence-corrected chi connectivity index (χ2v) is 10.1. The molecular formula is C28H27N5O2S. The Morgan fingerprint density at radius 1 is 1.03 bits per heavy atom. The minimum Gasteiger partial charge on any atom is -0.487 e. The molecule has 1 N–H and O–H groups in total. The number of carbonyl (C=O) groups is 1. The van der Waals surface area contributed by atoms with Crippen molar-refractivity contribution in [1.82, 2.24) is 9.58 Å². The van der Waals surface area contributed by atoms with Crippen molar-refractivity contribution in [3.8, 4) is 11.4 Å². The van der Waals surface area contributed by atoms with E-state index in [0.717, 1.165) is 34.0 Å². The van der Waals surface area contributed by atoms with Crippen molar-refractivity contribution in [3.63, 3.8) is 0 Å². The Morgan fingerprint density at radius 3 is 2.58 bits per heavy atom. The van der Waals surface area contributed by atoms with Gasteiger partial charge >= 0.3 is 0 Å². The van der Waals surface area contributed by atoms with Crippen molar-refractivity contribution in [3.05, 3.63) is 87.7 Å². The molecule has 0 bridgehead atoms. The van der Waals surface area contributed by atoms with E-state index in [0.29, 0.717) is 10.2 Å². The fourth-order valence-corrected chi connectivity index (χ4v) is 5.16. The first-order chi connectivity index (χ1) is 17.2. The van der Waals surface area contributed by atoms with Crippen LogP contribution in [0.2, 0.25) is 0 Å². The summed E-state index contributed by atoms with van der Waals surface area (Å²) >= 11 is 1.25. The molecule has 0 unspecified atom stereocenters. The number of aromatic nitrogens is 1. The van der Waals surface area contributed by atoms with Gasteiger partial charge in [-0.25, -0.2) is 0 Å². The van der Waals surface area contributed by atoms with Crippen molar-refractivity contribution in [1.29, 1.82) is 5.41 Å². The summed E-state index contributed by atoms with van der Waals surface area (Å²) in [6.07, 6.45) is 1.75. The third-order valence-corrected chi connectivity index (χ3v) is 7.11. The van der Waals surface area contributed by atoms with Crippen molar-refractivity contribution < 1.29 is 9.53 Å². The number of hydrogen-bond donors (Lipinski definition) is 1. The summed E-state index contributed by atoms with van der Waals surface area (Å²) in [6, 6.07) is 16.2. The predicted octanol–water partition coefficient (Wildman–Crippen LogP) is 5.72. The van der Waals surface area contributed by atoms with E-state index in [9.17, 15) is 4.79 Å². The standard InChI is InChI=1S/C28H27N5O2S/c1-16-7-6-8-22(11-16)35-15-25-31-33-26(29)23(27(34)30-28(33)36-25)14-21-13-19(4)32(20(21)5)24-12-17(2)9-10-18(24)3/h6-14,29H,15H2,1-5H3. The van der Waals surface area contributed by atoms with E-state index in [1.807, 2.05) is 51.1 Å². The maximum Gasteiger partial charge on any atom is 0.283 e. The number of hydrazone groups is 1. The lowest BCUT2D eigenvalue weighted by atomic mass is 10.1. The maximum atomic E-state index is 12.9. The second-order valence-electron chi connectivity index (χ2n) is 9.07. The number of ether oxygens (including phenoxy) is 1. The molecule has 8 heteroatoms. The van der Waals surface area contributed by atoms with Crippen LogP contribution >= 0.6 is 11.8 Å². The Morgan fingerprint density at radius 2 is 1.81 bits per heavy atom. The smallest absolute Gasteiger partial charge is 0.283 e. The zero-order valence-corrected chi connectivity index (χ0v) is 21.7. The van der Waals surface area contributed by atoms with Crippen LogP contribution in [-0.2, 0) is 4.79 Å². The molecule has 0 aliphatic carbocycles. The highest BCUT2D eigenvalue weighted by Crippen LogP contribution is 2.31. The van der Waals surface area contributed by atoms with Crippen LogP contribution in [0, 0.1) is 40.0 Å². The summed E-state index contributed by atoms with van der Waals surface area (Å²) in [7, 11) is 0. The Bertz CT molecular complexity index is 1510. The highest BCUT2D eigenvalue weighted by atomic mass is 32.2. The van der Waals surface area contributed by atoms with Crippen LogP contribution in [0.4, 0.5) is 0 Å². The lowest BCUT2D eigenvalue weighted by Crippen LogP contribution is -2.35. The van der Waals surface area contributed by atoms with Crippen LogP contribution < -0.4 is 4.74 Å². The van der Waals surface area contributed by atoms with Gasteiger partial charge < -0.3 is 9.30 Å². The first-order valence-corrected chi connectivity index (χ1v) is 12.5. The summed E-state index contributed by atoms with van der Waals surface area (Å²) in [5.41, 5.74) is 7.70. The Hall–Kier alpha value is -3.91. The average molecular weight is 498 g/mol. The van der Waals surface area contributed by atoms with Crippen LogP contribution in [0.25, 0.3) is 11.8 Å². The molecule has 0 fully saturated rings. The summed E-state index contributed by atoms with van der Waals surface area (Å²) in [5.74, 6) is 0.321. The number of nitrogens with zero attached hydrogens (tertiary/aromatic N) is 4. The van der Waals surface area contributed by atoms with Crippen LogP contribution in [0.1, 0.15) is 33.6 Å². The van der Waals surface area contributed by atoms with E-state index in [-0.39, 0.29) is 18.0 Å². The molecular weight excluding hydrogens is 470 g/mol. The van der Waals surface area contributed by atoms with Gasteiger partial charge in [-0.15, -0.1) is 0 Å². The summed E-state index contributed by atoms with van der Waals surface area (Å²) in [5, 5.41) is 15.7. The minimum atomic E-state index is -0.439. The Balaban J connectivity index is 1.42. The lowest BCUT2D eigenvalue weighted by Gasteiger charge is -2.20. The Labute approximate surface area is 214 Å². The van der Waals surface area contributed by atoms with Crippen molar-refractivity contribution in [2.24, 2.45) is 10.1 Å². The number of fused-ring (bicyclic) bond motifs is 1. The van der Waals surface area contributed by atoms with Crippen LogP contribution in [-0.4, -0.2) is 38.1 Å². The van der Waals surface area contributed by atoms with Crippen LogP contribution in [0.5, 0.6) is 5.75 Å². The van der Waals surface area contributed by atoms with E-state index in [1.54, 1.807) is 6.08 Å². The lowest BCUT2D eigenvalue weighted by molar-refractivity contribution is -0.114. The molecule has 0 saturated carbocycles. The first kappa shape index (κ1) is 23.8. The van der Waals surface area contributed by atoms with Gasteiger partial charge in [0.25, 0.3) is 5.91 Å². The van der Waals surface area contributed by atoms with Gasteiger partial charge in [-0.05, 0) is 99.0 Å². The Kier molecular flexibility index (Phi) is 6.14. The molecule has 0 saturated heterocycles. The maximum absolute atomic E-state index is 12.9. The molecule has 0 atom stereocenters. The fourth-order valence-electron chi connectivity index (χ4n) is 4.36. The number of carbonyl (C=O) groups excluding carboxylic acids is 1. The number of amidine groups is 2. The fraction of sp³-hybridized carbons (Fsp3) is 0.214. The van der Waals surface area contributed by atoms with Gasteiger partial charge in [0.1, 0.15) is 17.4 Å². The zero-order valence-electron chi connectivity index (χ0n) is 20.9. The third-order valence-electron chi connectivity index (χ3n) is 6.22. The molecule has 36 heavy (non-hydrogen) atoms. The van der Waals surface area contributed by atoms with Gasteiger partial charge in [-0.1, -0.05) is 24.3 Å². The van der Waals surface area contributed by atoms with Crippen molar-refractivity contribution in [2.45, 2.75) is 34.6 Å². The number of amides is 1. The van der Waals surface area contributed by atoms with E-state index in [4.69, 9.17) is 10.1 Å². The molecule has 2 aliphatic heterocycles. The van der Waals surface area contributed by atoms with E-state index >= 15 is 0 Å². The molecule has 7 nitrogen and oxygen atoms in total. The van der Waals surface area contributed by atoms with Crippen molar-refractivity contribution in [2.75, 3.05) is 6.61 Å². The van der Waals surface area contributed by atoms with Gasteiger partial charge in [0.05, 0.1) is 5.57 Å². The number of rotatable bonds is 5. The van der Waals surface area contributed by atoms with Gasteiger partial charge in [0.15, 0.2) is 5.84 Å². The normalized spacial score (nSPS) is 16.4. The van der Waals surface area contributed by atoms with Crippen LogP contribution in [0.15, 0.2) is 64.2 Å². The highest BCUT2D eigenvalue weighted by Gasteiger charge is 2.36. The summed E-state index contributed by atoms with van der Waals surface area (Å²) in [4.78, 5) is 17.1. The SMILES string of the molecule is Cc1cccc(OCC2=NN3C(=N)C(=Cc4cc(C)n(-c5cc(C)ccc5C)c4C)C(=O)N=C3S2)c1. The molecule has 5 rings (SSSR count). The highest BCUT2D eigenvalue weighted by molar-refractivity contribution is 8.27. The number of aliphatic imine (C=N–C) groups is 1. The topological polar surface area (TPSA) is 83.0 Å². The van der Waals surface area contributed by atoms with Gasteiger partial charge in [-0.2, -0.15) is 15.1 Å². The monoisotopic (exact) mass is 497 g/mol. The van der Waals surface area contributed by atoms with E-state index in [1.165, 1.54) is 27.9 Å². The van der Waals surface area contributed by atoms with Crippen molar-refractivity contribution >= 4 is 39.8 Å². The van der Waals surface area contributed by atoms with Crippen LogP contribution in [0.3, 0.4) is 0 Å². The molecule has 182 valence electrons. The molecule has 0 radical (unpaired) electrons. The zero-order chi connectivity index (χ0) is 25.6. The van der Waals surface area contributed by atoms with E-state index in [2.05, 4.69) is 46.7 Å². The second kappa shape index (κ2) is 9.28. The van der Waals surface area contributed by atoms with Gasteiger partial charge in [0.2, 0.25) is 5.17 Å². The molecule has 0 spiro atoms. The number of hydrogen-bond acceptors (Lipinski definition) is 5. The molecule has 3 aromatic rings. The summed E-state index contributed by atoms with van der Waals surface area (Å²) in [6.45, 7) is 10.5. The number of benzene rings is 2. The number of nitrogens with one attached hydrogen (secondary N) is 1. The van der Waals surface area contributed by atoms with Gasteiger partial charge in [0, 0.05) is 17.1 Å². The number of thioether (sulfide) groups is 1. The molecule has 1 aromatic heterocycles.